The van der Waals surface area contributed by atoms with Gasteiger partial charge in [0, 0.05) is 17.1 Å². The van der Waals surface area contributed by atoms with Crippen LogP contribution in [0, 0.1) is 6.92 Å². The number of benzene rings is 2. The summed E-state index contributed by atoms with van der Waals surface area (Å²) < 4.78 is 6.80. The molecule has 0 radical (unpaired) electrons. The van der Waals surface area contributed by atoms with Crippen LogP contribution in [0.1, 0.15) is 35.0 Å². The fraction of sp³-hybridized carbons (Fsp3) is 0.207. The first-order valence-electron chi connectivity index (χ1n) is 12.0. The van der Waals surface area contributed by atoms with E-state index in [1.807, 2.05) is 43.3 Å². The van der Waals surface area contributed by atoms with E-state index in [-0.39, 0.29) is 0 Å². The number of aromatic nitrogens is 3. The molecule has 2 aromatic carbocycles. The molecular weight excluding hydrogens is 472 g/mol. The Balaban J connectivity index is 1.52. The van der Waals surface area contributed by atoms with Crippen LogP contribution in [0.25, 0.3) is 33.8 Å². The average molecular weight is 499 g/mol. The van der Waals surface area contributed by atoms with Gasteiger partial charge in [-0.15, -0.1) is 0 Å². The zero-order valence-corrected chi connectivity index (χ0v) is 21.0. The van der Waals surface area contributed by atoms with E-state index in [0.29, 0.717) is 28.7 Å². The fourth-order valence-electron chi connectivity index (χ4n) is 4.47. The molecule has 0 bridgehead atoms. The molecule has 1 aliphatic rings. The molecule has 3 heterocycles. The molecule has 36 heavy (non-hydrogen) atoms. The molecule has 182 valence electrons. The van der Waals surface area contributed by atoms with E-state index >= 15 is 0 Å². The molecule has 5 rings (SSSR count). The summed E-state index contributed by atoms with van der Waals surface area (Å²) in [6.45, 7) is 5.84. The van der Waals surface area contributed by atoms with E-state index in [9.17, 15) is 4.79 Å². The summed E-state index contributed by atoms with van der Waals surface area (Å²) in [6, 6.07) is 20.3. The van der Waals surface area contributed by atoms with Gasteiger partial charge in [0.1, 0.15) is 5.56 Å². The van der Waals surface area contributed by atoms with Crippen LogP contribution in [0.4, 0.5) is 0 Å². The Kier molecular flexibility index (Phi) is 6.98. The number of nitrogens with one attached hydrogen (secondary N) is 1. The van der Waals surface area contributed by atoms with Crippen LogP contribution in [-0.2, 0) is 4.74 Å². The van der Waals surface area contributed by atoms with Crippen molar-refractivity contribution in [3.8, 4) is 28.2 Å². The van der Waals surface area contributed by atoms with Crippen molar-refractivity contribution < 1.29 is 9.53 Å². The molecular formula is C29H27ClN4O2. The van der Waals surface area contributed by atoms with Crippen molar-refractivity contribution in [2.75, 3.05) is 19.7 Å². The molecule has 0 saturated carbocycles. The monoisotopic (exact) mass is 498 g/mol. The van der Waals surface area contributed by atoms with Crippen molar-refractivity contribution in [2.24, 2.45) is 0 Å². The van der Waals surface area contributed by atoms with Gasteiger partial charge >= 0.3 is 5.97 Å². The Morgan fingerprint density at radius 3 is 2.64 bits per heavy atom. The van der Waals surface area contributed by atoms with Gasteiger partial charge in [-0.3, -0.25) is 0 Å². The van der Waals surface area contributed by atoms with Crippen molar-refractivity contribution in [3.63, 3.8) is 0 Å². The second-order valence-electron chi connectivity index (χ2n) is 8.61. The van der Waals surface area contributed by atoms with Gasteiger partial charge in [0.15, 0.2) is 5.82 Å². The number of halogens is 1. The summed E-state index contributed by atoms with van der Waals surface area (Å²) in [4.78, 5) is 17.1. The van der Waals surface area contributed by atoms with Crippen LogP contribution >= 0.6 is 11.6 Å². The summed E-state index contributed by atoms with van der Waals surface area (Å²) in [5.74, 6) is 0.220. The first kappa shape index (κ1) is 24.0. The predicted molar refractivity (Wildman–Crippen MR) is 143 cm³/mol. The summed E-state index contributed by atoms with van der Waals surface area (Å²) in [7, 11) is 0. The molecule has 0 saturated heterocycles. The summed E-state index contributed by atoms with van der Waals surface area (Å²) >= 11 is 6.42. The molecule has 1 N–H and O–H groups in total. The minimum atomic E-state index is -0.391. The van der Waals surface area contributed by atoms with Crippen LogP contribution in [0.2, 0.25) is 5.02 Å². The maximum Gasteiger partial charge on any atom is 0.341 e. The Hall–Kier alpha value is -3.74. The molecule has 1 aliphatic heterocycles. The molecule has 0 unspecified atom stereocenters. The van der Waals surface area contributed by atoms with Crippen LogP contribution in [0.15, 0.2) is 72.9 Å². The van der Waals surface area contributed by atoms with E-state index in [2.05, 4.69) is 40.8 Å². The van der Waals surface area contributed by atoms with Crippen molar-refractivity contribution in [1.29, 1.82) is 0 Å². The number of pyridine rings is 1. The van der Waals surface area contributed by atoms with Crippen LogP contribution in [0.5, 0.6) is 0 Å². The number of nitrogens with zero attached hydrogens (tertiary/aromatic N) is 3. The number of hydrogen-bond acceptors (Lipinski definition) is 5. The first-order chi connectivity index (χ1) is 17.5. The van der Waals surface area contributed by atoms with Gasteiger partial charge in [0.2, 0.25) is 0 Å². The second kappa shape index (κ2) is 10.5. The van der Waals surface area contributed by atoms with E-state index in [1.165, 1.54) is 17.3 Å². The van der Waals surface area contributed by atoms with E-state index in [1.54, 1.807) is 11.6 Å². The third kappa shape index (κ3) is 4.83. The maximum absolute atomic E-state index is 12.2. The number of ether oxygens (including phenoxy) is 1. The van der Waals surface area contributed by atoms with Crippen molar-refractivity contribution in [2.45, 2.75) is 20.3 Å². The summed E-state index contributed by atoms with van der Waals surface area (Å²) in [5, 5.41) is 8.39. The van der Waals surface area contributed by atoms with Crippen LogP contribution in [0.3, 0.4) is 0 Å². The van der Waals surface area contributed by atoms with Crippen molar-refractivity contribution in [1.82, 2.24) is 20.1 Å². The molecule has 0 spiro atoms. The molecule has 0 amide bonds. The van der Waals surface area contributed by atoms with Gasteiger partial charge in [0.05, 0.1) is 24.2 Å². The summed E-state index contributed by atoms with van der Waals surface area (Å²) in [6.07, 6.45) is 4.81. The molecule has 4 aromatic rings. The zero-order chi connectivity index (χ0) is 25.1. The molecule has 6 nitrogen and oxygen atoms in total. The minimum Gasteiger partial charge on any atom is -0.462 e. The normalized spacial score (nSPS) is 13.4. The van der Waals surface area contributed by atoms with Gasteiger partial charge in [-0.1, -0.05) is 54.1 Å². The quantitative estimate of drug-likeness (QED) is 0.324. The fourth-order valence-corrected chi connectivity index (χ4v) is 4.64. The minimum absolute atomic E-state index is 0.310. The lowest BCUT2D eigenvalue weighted by molar-refractivity contribution is 0.0525. The Morgan fingerprint density at radius 2 is 1.89 bits per heavy atom. The van der Waals surface area contributed by atoms with Crippen molar-refractivity contribution >= 4 is 23.1 Å². The number of carbonyl (C=O) groups is 1. The standard InChI is InChI=1S/C29H27ClN4O2/c1-3-36-29(35)26-18-32-34(19(26)2)28-6-4-5-27(33-28)25-17-23(30)11-12-24(25)22-9-7-20(8-10-22)21-13-15-31-16-14-21/h4-13,17-18,31H,3,14-16H2,1-2H3. The highest BCUT2D eigenvalue weighted by atomic mass is 35.5. The Labute approximate surface area is 215 Å². The lowest BCUT2D eigenvalue weighted by Crippen LogP contribution is -2.19. The number of carbonyl (C=O) groups excluding carboxylic acids is 1. The smallest absolute Gasteiger partial charge is 0.341 e. The van der Waals surface area contributed by atoms with Crippen molar-refractivity contribution in [3.05, 3.63) is 94.8 Å². The maximum atomic E-state index is 12.2. The van der Waals surface area contributed by atoms with Gasteiger partial charge in [-0.25, -0.2) is 14.5 Å². The topological polar surface area (TPSA) is 69.0 Å². The van der Waals surface area contributed by atoms with Gasteiger partial charge < -0.3 is 10.1 Å². The highest BCUT2D eigenvalue weighted by molar-refractivity contribution is 6.31. The van der Waals surface area contributed by atoms with Crippen LogP contribution in [-0.4, -0.2) is 40.4 Å². The first-order valence-corrected chi connectivity index (χ1v) is 12.4. The Morgan fingerprint density at radius 1 is 1.08 bits per heavy atom. The van der Waals surface area contributed by atoms with Crippen LogP contribution < -0.4 is 5.32 Å². The third-order valence-corrected chi connectivity index (χ3v) is 6.58. The van der Waals surface area contributed by atoms with E-state index in [4.69, 9.17) is 21.3 Å². The summed E-state index contributed by atoms with van der Waals surface area (Å²) in [5.41, 5.74) is 7.55. The average Bonchev–Trinajstić information content (AvgIpc) is 3.31. The number of esters is 1. The lowest BCUT2D eigenvalue weighted by atomic mass is 9.94. The van der Waals surface area contributed by atoms with Gasteiger partial charge in [0.25, 0.3) is 0 Å². The van der Waals surface area contributed by atoms with Gasteiger partial charge in [-0.2, -0.15) is 5.10 Å². The molecule has 0 aliphatic carbocycles. The SMILES string of the molecule is CCOC(=O)c1cnn(-c2cccc(-c3cc(Cl)ccc3-c3ccc(C4=CCNCC4)cc3)n2)c1C. The highest BCUT2D eigenvalue weighted by Crippen LogP contribution is 2.35. The predicted octanol–water partition coefficient (Wildman–Crippen LogP) is 6.12. The molecule has 2 aromatic heterocycles. The third-order valence-electron chi connectivity index (χ3n) is 6.34. The highest BCUT2D eigenvalue weighted by Gasteiger charge is 2.18. The molecule has 0 fully saturated rings. The van der Waals surface area contributed by atoms with Gasteiger partial charge in [-0.05, 0) is 73.3 Å². The molecule has 7 heteroatoms. The molecule has 0 atom stereocenters. The van der Waals surface area contributed by atoms with E-state index in [0.717, 1.165) is 41.9 Å². The number of hydrogen-bond donors (Lipinski definition) is 1. The number of rotatable bonds is 6. The second-order valence-corrected chi connectivity index (χ2v) is 9.04. The Bertz CT molecular complexity index is 1440. The lowest BCUT2D eigenvalue weighted by Gasteiger charge is -2.15. The largest absolute Gasteiger partial charge is 0.462 e. The van der Waals surface area contributed by atoms with E-state index < -0.39 is 5.97 Å². The zero-order valence-electron chi connectivity index (χ0n) is 20.3.